The van der Waals surface area contributed by atoms with Gasteiger partial charge in [-0.3, -0.25) is 29.9 Å². The first kappa shape index (κ1) is 22.6. The number of carbonyl (C=O) groups is 4. The number of carbonyl (C=O) groups excluding carboxylic acids is 3. The molecule has 4 N–H and O–H groups in total. The van der Waals surface area contributed by atoms with Crippen LogP contribution in [-0.4, -0.2) is 87.6 Å². The van der Waals surface area contributed by atoms with Crippen LogP contribution in [0.2, 0.25) is 0 Å². The molecule has 5 amide bonds. The summed E-state index contributed by atoms with van der Waals surface area (Å²) in [7, 11) is -4.90. The number of amides is 5. The first-order chi connectivity index (χ1) is 13.2. The number of rotatable bonds is 5. The van der Waals surface area contributed by atoms with Crippen LogP contribution in [0.1, 0.15) is 33.6 Å². The zero-order valence-corrected chi connectivity index (χ0v) is 16.8. The molecular weight excluding hydrogens is 414 g/mol. The van der Waals surface area contributed by atoms with Crippen LogP contribution < -0.4 is 10.9 Å². The monoisotopic (exact) mass is 437 g/mol. The normalized spacial score (nSPS) is 21.7. The van der Waals surface area contributed by atoms with Crippen LogP contribution in [0, 0.1) is 0 Å². The fourth-order valence-electron chi connectivity index (χ4n) is 3.09. The van der Waals surface area contributed by atoms with Crippen molar-refractivity contribution in [2.75, 3.05) is 13.1 Å². The van der Waals surface area contributed by atoms with Gasteiger partial charge in [-0.2, -0.15) is 13.5 Å². The summed E-state index contributed by atoms with van der Waals surface area (Å²) in [5.74, 6) is -1.52. The number of nitrogens with zero attached hydrogens (tertiary/aromatic N) is 3. The van der Waals surface area contributed by atoms with E-state index in [1.54, 1.807) is 20.8 Å². The zero-order chi connectivity index (χ0) is 22.1. The van der Waals surface area contributed by atoms with Crippen LogP contribution >= 0.6 is 0 Å². The van der Waals surface area contributed by atoms with E-state index in [0.29, 0.717) is 5.06 Å². The number of hydrogen-bond acceptors (Lipinski definition) is 7. The lowest BCUT2D eigenvalue weighted by molar-refractivity contribution is -0.132. The Morgan fingerprint density at radius 2 is 1.86 bits per heavy atom. The fraction of sp³-hybridized carbons (Fsp3) is 0.714. The third-order valence-corrected chi connectivity index (χ3v) is 4.82. The van der Waals surface area contributed by atoms with Gasteiger partial charge in [-0.1, -0.05) is 0 Å². The summed E-state index contributed by atoms with van der Waals surface area (Å²) in [4.78, 5) is 49.8. The Morgan fingerprint density at radius 3 is 2.38 bits per heavy atom. The van der Waals surface area contributed by atoms with Gasteiger partial charge in [0.2, 0.25) is 0 Å². The minimum atomic E-state index is -4.90. The minimum Gasteiger partial charge on any atom is -0.465 e. The van der Waals surface area contributed by atoms with Gasteiger partial charge in [0.1, 0.15) is 12.6 Å². The molecule has 2 saturated heterocycles. The molecule has 2 aliphatic heterocycles. The van der Waals surface area contributed by atoms with Gasteiger partial charge < -0.3 is 10.0 Å². The topological polar surface area (TPSA) is 186 Å². The van der Waals surface area contributed by atoms with Crippen LogP contribution in [0.3, 0.4) is 0 Å². The van der Waals surface area contributed by atoms with E-state index in [9.17, 15) is 32.7 Å². The molecule has 2 atom stereocenters. The van der Waals surface area contributed by atoms with Crippen molar-refractivity contribution in [3.8, 4) is 0 Å². The van der Waals surface area contributed by atoms with Crippen LogP contribution in [-0.2, 0) is 24.3 Å². The van der Waals surface area contributed by atoms with E-state index < -0.39 is 58.5 Å². The Balaban J connectivity index is 1.94. The van der Waals surface area contributed by atoms with Gasteiger partial charge >= 0.3 is 22.5 Å². The summed E-state index contributed by atoms with van der Waals surface area (Å²) >= 11 is 0. The third kappa shape index (κ3) is 5.45. The Bertz CT molecular complexity index is 809. The van der Waals surface area contributed by atoms with Crippen molar-refractivity contribution in [3.63, 3.8) is 0 Å². The Kier molecular flexibility index (Phi) is 6.24. The number of hydroxylamine groups is 2. The van der Waals surface area contributed by atoms with Crippen molar-refractivity contribution in [1.29, 1.82) is 0 Å². The number of carboxylic acid groups (broad SMARTS) is 1. The molecule has 2 fully saturated rings. The van der Waals surface area contributed by atoms with Gasteiger partial charge in [-0.05, 0) is 33.6 Å². The minimum absolute atomic E-state index is 0.00278. The number of urea groups is 1. The summed E-state index contributed by atoms with van der Waals surface area (Å²) in [5.41, 5.74) is 3.39. The van der Waals surface area contributed by atoms with Gasteiger partial charge in [-0.15, -0.1) is 4.28 Å². The molecular formula is C14H23N5O9S. The number of nitrogens with one attached hydrogen (secondary N) is 2. The highest BCUT2D eigenvalue weighted by Crippen LogP contribution is 2.30. The molecule has 0 saturated carbocycles. The molecule has 0 spiro atoms. The number of hydrogen-bond donors (Lipinski definition) is 4. The highest BCUT2D eigenvalue weighted by atomic mass is 32.3. The number of hydrazine groups is 1. The predicted molar refractivity (Wildman–Crippen MR) is 94.2 cm³/mol. The molecule has 2 unspecified atom stereocenters. The second-order valence-corrected chi connectivity index (χ2v) is 8.59. The van der Waals surface area contributed by atoms with Gasteiger partial charge in [0, 0.05) is 12.1 Å². The van der Waals surface area contributed by atoms with E-state index in [1.807, 2.05) is 0 Å². The van der Waals surface area contributed by atoms with Gasteiger partial charge in [0.25, 0.3) is 11.8 Å². The average Bonchev–Trinajstić information content (AvgIpc) is 2.80. The summed E-state index contributed by atoms with van der Waals surface area (Å²) < 4.78 is 34.8. The lowest BCUT2D eigenvalue weighted by Crippen LogP contribution is -2.56. The second-order valence-electron chi connectivity index (χ2n) is 7.59. The molecule has 0 aliphatic carbocycles. The summed E-state index contributed by atoms with van der Waals surface area (Å²) in [6, 6.07) is -2.58. The Morgan fingerprint density at radius 1 is 1.24 bits per heavy atom. The smallest absolute Gasteiger partial charge is 0.418 e. The number of fused-ring (bicyclic) bond motifs is 2. The van der Waals surface area contributed by atoms with Gasteiger partial charge in [-0.25, -0.2) is 9.59 Å². The van der Waals surface area contributed by atoms with Crippen molar-refractivity contribution in [2.24, 2.45) is 0 Å². The lowest BCUT2D eigenvalue weighted by atomic mass is 10.0. The molecule has 14 nitrogen and oxygen atoms in total. The molecule has 0 radical (unpaired) electrons. The predicted octanol–water partition coefficient (Wildman–Crippen LogP) is -1.08. The SMILES string of the molecule is CC(C)(C)N(CC(=O)NNC(=O)C1CCC2CN1C(=O)N2OS(=O)(=O)O)C(=O)O. The first-order valence-corrected chi connectivity index (χ1v) is 9.93. The molecule has 29 heavy (non-hydrogen) atoms. The van der Waals surface area contributed by atoms with Crippen LogP contribution in [0.25, 0.3) is 0 Å². The maximum atomic E-state index is 12.4. The van der Waals surface area contributed by atoms with E-state index in [4.69, 9.17) is 4.55 Å². The third-order valence-electron chi connectivity index (χ3n) is 4.47. The van der Waals surface area contributed by atoms with E-state index in [1.165, 1.54) is 0 Å². The molecule has 2 heterocycles. The summed E-state index contributed by atoms with van der Waals surface area (Å²) in [6.07, 6.45) is -0.924. The lowest BCUT2D eigenvalue weighted by Gasteiger charge is -2.32. The molecule has 15 heteroatoms. The Labute approximate surface area is 166 Å². The van der Waals surface area contributed by atoms with Crippen LogP contribution in [0.15, 0.2) is 0 Å². The van der Waals surface area contributed by atoms with Crippen molar-refractivity contribution in [2.45, 2.75) is 51.2 Å². The van der Waals surface area contributed by atoms with Crippen molar-refractivity contribution < 1.29 is 41.5 Å². The molecule has 2 rings (SSSR count). The van der Waals surface area contributed by atoms with E-state index in [-0.39, 0.29) is 19.4 Å². The zero-order valence-electron chi connectivity index (χ0n) is 16.0. The van der Waals surface area contributed by atoms with Crippen molar-refractivity contribution >= 4 is 34.3 Å². The molecule has 0 aromatic heterocycles. The van der Waals surface area contributed by atoms with Crippen LogP contribution in [0.5, 0.6) is 0 Å². The fourth-order valence-corrected chi connectivity index (χ4v) is 3.48. The molecule has 164 valence electrons. The highest BCUT2D eigenvalue weighted by molar-refractivity contribution is 7.80. The number of piperidine rings is 1. The summed E-state index contributed by atoms with van der Waals surface area (Å²) in [5, 5.41) is 9.68. The quantitative estimate of drug-likeness (QED) is 0.306. The molecule has 2 aliphatic rings. The molecule has 0 aromatic carbocycles. The van der Waals surface area contributed by atoms with Gasteiger partial charge in [0.15, 0.2) is 0 Å². The molecule has 0 aromatic rings. The Hall–Kier alpha value is -2.65. The maximum Gasteiger partial charge on any atom is 0.418 e. The van der Waals surface area contributed by atoms with Crippen LogP contribution in [0.4, 0.5) is 9.59 Å². The average molecular weight is 437 g/mol. The van der Waals surface area contributed by atoms with Crippen molar-refractivity contribution in [1.82, 2.24) is 25.7 Å². The van der Waals surface area contributed by atoms with E-state index in [0.717, 1.165) is 9.80 Å². The second kappa shape index (κ2) is 8.00. The molecule has 2 bridgehead atoms. The van der Waals surface area contributed by atoms with E-state index >= 15 is 0 Å². The van der Waals surface area contributed by atoms with Gasteiger partial charge in [0.05, 0.1) is 6.04 Å². The standard InChI is InChI=1S/C14H23N5O9S/c1-14(2,3)18(13(23)24)7-10(20)15-16-11(21)9-5-4-8-6-17(9)12(22)19(8)28-29(25,26)27/h8-9H,4-7H2,1-3H3,(H,15,20)(H,16,21)(H,23,24)(H,25,26,27). The summed E-state index contributed by atoms with van der Waals surface area (Å²) in [6.45, 7) is 4.28. The largest absolute Gasteiger partial charge is 0.465 e. The maximum absolute atomic E-state index is 12.4. The first-order valence-electron chi connectivity index (χ1n) is 8.57. The van der Waals surface area contributed by atoms with E-state index in [2.05, 4.69) is 15.1 Å². The highest BCUT2D eigenvalue weighted by Gasteiger charge is 2.49. The van der Waals surface area contributed by atoms with Crippen molar-refractivity contribution in [3.05, 3.63) is 0 Å².